The molecule has 0 aliphatic heterocycles. The van der Waals surface area contributed by atoms with Crippen LogP contribution in [0, 0.1) is 10.1 Å². The normalized spacial score (nSPS) is 11.2. The number of benzene rings is 2. The SMILES string of the molecule is CCN(CC)CCNC(=O)c1ccc([N+](=O)[O-])c2[nH]c3ccccc3c(=O)c12. The highest BCUT2D eigenvalue weighted by Crippen LogP contribution is 2.26. The van der Waals surface area contributed by atoms with Crippen molar-refractivity contribution in [2.75, 3.05) is 26.2 Å². The summed E-state index contributed by atoms with van der Waals surface area (Å²) in [5.41, 5.74) is 0.0407. The first-order valence-electron chi connectivity index (χ1n) is 9.20. The molecule has 3 aromatic rings. The van der Waals surface area contributed by atoms with E-state index in [9.17, 15) is 19.7 Å². The minimum Gasteiger partial charge on any atom is -0.351 e. The van der Waals surface area contributed by atoms with Crippen LogP contribution in [0.1, 0.15) is 24.2 Å². The highest BCUT2D eigenvalue weighted by Gasteiger charge is 2.22. The Hall–Kier alpha value is -3.26. The number of fused-ring (bicyclic) bond motifs is 2. The first-order chi connectivity index (χ1) is 13.5. The number of amides is 1. The highest BCUT2D eigenvalue weighted by atomic mass is 16.6. The molecule has 0 fully saturated rings. The summed E-state index contributed by atoms with van der Waals surface area (Å²) in [6.07, 6.45) is 0. The molecule has 0 unspecified atom stereocenters. The zero-order valence-electron chi connectivity index (χ0n) is 15.8. The highest BCUT2D eigenvalue weighted by molar-refractivity contribution is 6.10. The van der Waals surface area contributed by atoms with Crippen molar-refractivity contribution in [2.45, 2.75) is 13.8 Å². The number of likely N-dealkylation sites (N-methyl/N-ethyl adjacent to an activating group) is 1. The Morgan fingerprint density at radius 2 is 1.89 bits per heavy atom. The van der Waals surface area contributed by atoms with E-state index in [-0.39, 0.29) is 22.2 Å². The fourth-order valence-electron chi connectivity index (χ4n) is 3.32. The summed E-state index contributed by atoms with van der Waals surface area (Å²) in [6, 6.07) is 9.36. The number of nitrogens with one attached hydrogen (secondary N) is 2. The third-order valence-electron chi connectivity index (χ3n) is 4.89. The van der Waals surface area contributed by atoms with Crippen molar-refractivity contribution in [1.29, 1.82) is 0 Å². The number of nitrogens with zero attached hydrogens (tertiary/aromatic N) is 2. The molecule has 1 heterocycles. The topological polar surface area (TPSA) is 108 Å². The molecule has 8 heteroatoms. The van der Waals surface area contributed by atoms with E-state index in [1.165, 1.54) is 12.1 Å². The van der Waals surface area contributed by atoms with E-state index in [2.05, 4.69) is 15.2 Å². The Labute approximate surface area is 161 Å². The Morgan fingerprint density at radius 1 is 1.18 bits per heavy atom. The van der Waals surface area contributed by atoms with Crippen LogP contribution >= 0.6 is 0 Å². The van der Waals surface area contributed by atoms with E-state index in [0.717, 1.165) is 13.1 Å². The molecule has 28 heavy (non-hydrogen) atoms. The van der Waals surface area contributed by atoms with Gasteiger partial charge in [0.05, 0.1) is 15.9 Å². The summed E-state index contributed by atoms with van der Waals surface area (Å²) < 4.78 is 0. The number of nitro benzene ring substituents is 1. The van der Waals surface area contributed by atoms with Crippen molar-refractivity contribution < 1.29 is 9.72 Å². The largest absolute Gasteiger partial charge is 0.351 e. The molecule has 2 N–H and O–H groups in total. The van der Waals surface area contributed by atoms with Crippen LogP contribution in [0.5, 0.6) is 0 Å². The lowest BCUT2D eigenvalue weighted by atomic mass is 10.0. The molecule has 3 rings (SSSR count). The third-order valence-corrected chi connectivity index (χ3v) is 4.89. The maximum absolute atomic E-state index is 13.0. The minimum atomic E-state index is -0.560. The van der Waals surface area contributed by atoms with Crippen molar-refractivity contribution in [3.63, 3.8) is 0 Å². The quantitative estimate of drug-likeness (QED) is 0.371. The molecule has 0 saturated heterocycles. The van der Waals surface area contributed by atoms with Gasteiger partial charge >= 0.3 is 0 Å². The smallest absolute Gasteiger partial charge is 0.293 e. The van der Waals surface area contributed by atoms with Crippen molar-refractivity contribution in [3.05, 3.63) is 62.3 Å². The summed E-state index contributed by atoms with van der Waals surface area (Å²) in [5.74, 6) is -0.423. The van der Waals surface area contributed by atoms with Crippen LogP contribution in [0.4, 0.5) is 5.69 Å². The van der Waals surface area contributed by atoms with E-state index in [4.69, 9.17) is 0 Å². The number of hydrogen-bond donors (Lipinski definition) is 2. The lowest BCUT2D eigenvalue weighted by Gasteiger charge is -2.18. The third kappa shape index (κ3) is 3.59. The van der Waals surface area contributed by atoms with Crippen molar-refractivity contribution >= 4 is 33.4 Å². The molecule has 0 spiro atoms. The average molecular weight is 382 g/mol. The van der Waals surface area contributed by atoms with Gasteiger partial charge in [0, 0.05) is 30.1 Å². The number of rotatable bonds is 7. The maximum Gasteiger partial charge on any atom is 0.293 e. The van der Waals surface area contributed by atoms with Gasteiger partial charge in [-0.1, -0.05) is 26.0 Å². The number of aromatic amines is 1. The van der Waals surface area contributed by atoms with Crippen LogP contribution in [0.15, 0.2) is 41.2 Å². The van der Waals surface area contributed by atoms with Crippen LogP contribution in [0.2, 0.25) is 0 Å². The van der Waals surface area contributed by atoms with Crippen LogP contribution < -0.4 is 10.7 Å². The van der Waals surface area contributed by atoms with Crippen molar-refractivity contribution in [1.82, 2.24) is 15.2 Å². The van der Waals surface area contributed by atoms with Gasteiger partial charge in [0.2, 0.25) is 0 Å². The number of non-ortho nitro benzene ring substituents is 1. The Balaban J connectivity index is 2.09. The van der Waals surface area contributed by atoms with Crippen molar-refractivity contribution in [2.24, 2.45) is 0 Å². The van der Waals surface area contributed by atoms with Crippen LogP contribution in [-0.4, -0.2) is 46.9 Å². The summed E-state index contributed by atoms with van der Waals surface area (Å²) in [4.78, 5) is 41.8. The second kappa shape index (κ2) is 8.18. The number of para-hydroxylation sites is 1. The Morgan fingerprint density at radius 3 is 2.57 bits per heavy atom. The Kier molecular flexibility index (Phi) is 5.70. The van der Waals surface area contributed by atoms with Gasteiger partial charge in [-0.15, -0.1) is 0 Å². The molecule has 0 bridgehead atoms. The zero-order chi connectivity index (χ0) is 20.3. The fourth-order valence-corrected chi connectivity index (χ4v) is 3.32. The van der Waals surface area contributed by atoms with Gasteiger partial charge in [0.1, 0.15) is 5.52 Å². The zero-order valence-corrected chi connectivity index (χ0v) is 15.8. The van der Waals surface area contributed by atoms with E-state index < -0.39 is 16.3 Å². The van der Waals surface area contributed by atoms with E-state index in [1.54, 1.807) is 24.3 Å². The van der Waals surface area contributed by atoms with Gasteiger partial charge in [-0.2, -0.15) is 0 Å². The number of nitro groups is 1. The lowest BCUT2D eigenvalue weighted by Crippen LogP contribution is -2.35. The molecular weight excluding hydrogens is 360 g/mol. The van der Waals surface area contributed by atoms with Crippen LogP contribution in [0.3, 0.4) is 0 Å². The van der Waals surface area contributed by atoms with Crippen LogP contribution in [-0.2, 0) is 0 Å². The van der Waals surface area contributed by atoms with Crippen molar-refractivity contribution in [3.8, 4) is 0 Å². The summed E-state index contributed by atoms with van der Waals surface area (Å²) >= 11 is 0. The van der Waals surface area contributed by atoms with Gasteiger partial charge < -0.3 is 15.2 Å². The monoisotopic (exact) mass is 382 g/mol. The molecule has 0 aliphatic carbocycles. The predicted molar refractivity (Wildman–Crippen MR) is 109 cm³/mol. The van der Waals surface area contributed by atoms with E-state index in [0.29, 0.717) is 24.0 Å². The average Bonchev–Trinajstić information content (AvgIpc) is 2.70. The molecule has 1 amide bonds. The van der Waals surface area contributed by atoms with Gasteiger partial charge in [0.15, 0.2) is 5.43 Å². The number of carbonyl (C=O) groups is 1. The molecule has 8 nitrogen and oxygen atoms in total. The minimum absolute atomic E-state index is 0.0354. The molecule has 0 atom stereocenters. The molecule has 146 valence electrons. The predicted octanol–water partition coefficient (Wildman–Crippen LogP) is 2.66. The molecular formula is C20H22N4O4. The summed E-state index contributed by atoms with van der Waals surface area (Å²) in [5, 5.41) is 14.7. The second-order valence-electron chi connectivity index (χ2n) is 6.42. The number of H-pyrrole nitrogens is 1. The standard InChI is InChI=1S/C20H22N4O4/c1-3-23(4-2)12-11-21-20(26)14-9-10-16(24(27)28)18-17(14)19(25)13-7-5-6-8-15(13)22-18/h5-10H,3-4,11-12H2,1-2H3,(H,21,26)(H,22,25). The Bertz CT molecular complexity index is 1100. The number of aromatic nitrogens is 1. The summed E-state index contributed by atoms with van der Waals surface area (Å²) in [7, 11) is 0. The first kappa shape index (κ1) is 19.5. The van der Waals surface area contributed by atoms with Gasteiger partial charge in [0.25, 0.3) is 11.6 Å². The van der Waals surface area contributed by atoms with Crippen LogP contribution in [0.25, 0.3) is 21.8 Å². The number of carbonyl (C=O) groups excluding carboxylic acids is 1. The molecule has 0 radical (unpaired) electrons. The number of pyridine rings is 1. The maximum atomic E-state index is 13.0. The van der Waals surface area contributed by atoms with Gasteiger partial charge in [-0.05, 0) is 31.3 Å². The number of hydrogen-bond acceptors (Lipinski definition) is 5. The lowest BCUT2D eigenvalue weighted by molar-refractivity contribution is -0.383. The summed E-state index contributed by atoms with van der Waals surface area (Å²) in [6.45, 7) is 6.93. The van der Waals surface area contributed by atoms with E-state index >= 15 is 0 Å². The van der Waals surface area contributed by atoms with Gasteiger partial charge in [-0.3, -0.25) is 19.7 Å². The van der Waals surface area contributed by atoms with E-state index in [1.807, 2.05) is 13.8 Å². The van der Waals surface area contributed by atoms with Gasteiger partial charge in [-0.25, -0.2) is 0 Å². The molecule has 2 aromatic carbocycles. The molecule has 0 saturated carbocycles. The fraction of sp³-hybridized carbons (Fsp3) is 0.300. The second-order valence-corrected chi connectivity index (χ2v) is 6.42. The molecule has 1 aromatic heterocycles. The molecule has 0 aliphatic rings. The first-order valence-corrected chi connectivity index (χ1v) is 9.20.